The highest BCUT2D eigenvalue weighted by atomic mass is 16.2. The Morgan fingerprint density at radius 3 is 2.43 bits per heavy atom. The third kappa shape index (κ3) is 4.31. The molecule has 1 aromatic rings. The molecule has 0 aliphatic carbocycles. The van der Waals surface area contributed by atoms with Crippen molar-refractivity contribution in [1.82, 2.24) is 4.90 Å². The molecule has 1 aliphatic heterocycles. The van der Waals surface area contributed by atoms with E-state index in [-0.39, 0.29) is 18.2 Å². The molecule has 0 saturated carbocycles. The van der Waals surface area contributed by atoms with Crippen LogP contribution in [-0.2, 0) is 9.59 Å². The Hall–Kier alpha value is -1.84. The van der Waals surface area contributed by atoms with Gasteiger partial charge in [-0.3, -0.25) is 9.59 Å². The molecule has 2 amide bonds. The van der Waals surface area contributed by atoms with E-state index in [1.807, 2.05) is 36.9 Å². The van der Waals surface area contributed by atoms with Gasteiger partial charge in [0.05, 0.1) is 0 Å². The highest BCUT2D eigenvalue weighted by Gasteiger charge is 2.18. The number of anilines is 1. The number of benzene rings is 1. The molecule has 0 radical (unpaired) electrons. The van der Waals surface area contributed by atoms with Gasteiger partial charge < -0.3 is 10.2 Å². The molecular formula is C17H24N2O2. The van der Waals surface area contributed by atoms with Crippen molar-refractivity contribution in [2.24, 2.45) is 0 Å². The molecule has 2 rings (SSSR count). The summed E-state index contributed by atoms with van der Waals surface area (Å²) in [5.74, 6) is -0.280. The minimum atomic E-state index is -0.224. The standard InChI is InChI=1S/C17H24N2O2/c1-13-8-7-9-15(14(13)2)18-16(20)12-17(21)19-10-5-3-4-6-11-19/h7-9H,3-6,10-12H2,1-2H3,(H,18,20). The highest BCUT2D eigenvalue weighted by Crippen LogP contribution is 2.18. The number of nitrogens with zero attached hydrogens (tertiary/aromatic N) is 1. The third-order valence-corrected chi connectivity index (χ3v) is 4.15. The fourth-order valence-corrected chi connectivity index (χ4v) is 2.65. The molecule has 1 aliphatic rings. The van der Waals surface area contributed by atoms with Crippen LogP contribution in [0.3, 0.4) is 0 Å². The Morgan fingerprint density at radius 1 is 1.10 bits per heavy atom. The molecule has 21 heavy (non-hydrogen) atoms. The second kappa shape index (κ2) is 7.25. The van der Waals surface area contributed by atoms with Gasteiger partial charge in [-0.25, -0.2) is 0 Å². The lowest BCUT2D eigenvalue weighted by molar-refractivity contribution is -0.134. The molecule has 0 bridgehead atoms. The highest BCUT2D eigenvalue weighted by molar-refractivity contribution is 6.03. The Balaban J connectivity index is 1.91. The Kier molecular flexibility index (Phi) is 5.37. The predicted octanol–water partition coefficient (Wildman–Crippen LogP) is 3.03. The summed E-state index contributed by atoms with van der Waals surface area (Å²) in [6.45, 7) is 5.56. The summed E-state index contributed by atoms with van der Waals surface area (Å²) >= 11 is 0. The first-order valence-corrected chi connectivity index (χ1v) is 7.72. The van der Waals surface area contributed by atoms with Crippen molar-refractivity contribution >= 4 is 17.5 Å². The number of hydrogen-bond acceptors (Lipinski definition) is 2. The van der Waals surface area contributed by atoms with E-state index in [4.69, 9.17) is 0 Å². The molecule has 0 atom stereocenters. The predicted molar refractivity (Wildman–Crippen MR) is 84.2 cm³/mol. The number of nitrogens with one attached hydrogen (secondary N) is 1. The van der Waals surface area contributed by atoms with Crippen molar-refractivity contribution in [1.29, 1.82) is 0 Å². The van der Waals surface area contributed by atoms with Crippen molar-refractivity contribution < 1.29 is 9.59 Å². The summed E-state index contributed by atoms with van der Waals surface area (Å²) in [6, 6.07) is 5.79. The summed E-state index contributed by atoms with van der Waals surface area (Å²) < 4.78 is 0. The summed E-state index contributed by atoms with van der Waals surface area (Å²) in [5, 5.41) is 2.85. The maximum absolute atomic E-state index is 12.2. The lowest BCUT2D eigenvalue weighted by atomic mass is 10.1. The summed E-state index contributed by atoms with van der Waals surface area (Å²) in [7, 11) is 0. The van der Waals surface area contributed by atoms with E-state index in [1.165, 1.54) is 12.8 Å². The van der Waals surface area contributed by atoms with E-state index >= 15 is 0 Å². The van der Waals surface area contributed by atoms with E-state index in [2.05, 4.69) is 5.32 Å². The quantitative estimate of drug-likeness (QED) is 0.869. The van der Waals surface area contributed by atoms with Gasteiger partial charge in [-0.2, -0.15) is 0 Å². The lowest BCUT2D eigenvalue weighted by Crippen LogP contribution is -2.34. The van der Waals surface area contributed by atoms with Gasteiger partial charge in [0, 0.05) is 18.8 Å². The van der Waals surface area contributed by atoms with Gasteiger partial charge in [0.1, 0.15) is 6.42 Å². The van der Waals surface area contributed by atoms with Crippen LogP contribution in [0.4, 0.5) is 5.69 Å². The average molecular weight is 288 g/mol. The van der Waals surface area contributed by atoms with Crippen LogP contribution in [-0.4, -0.2) is 29.8 Å². The molecule has 0 unspecified atom stereocenters. The van der Waals surface area contributed by atoms with E-state index in [0.717, 1.165) is 42.7 Å². The minimum absolute atomic E-state index is 0.0558. The van der Waals surface area contributed by atoms with E-state index in [1.54, 1.807) is 0 Å². The summed E-state index contributed by atoms with van der Waals surface area (Å²) in [5.41, 5.74) is 2.98. The summed E-state index contributed by atoms with van der Waals surface area (Å²) in [4.78, 5) is 26.1. The van der Waals surface area contributed by atoms with Crippen molar-refractivity contribution in [3.63, 3.8) is 0 Å². The zero-order chi connectivity index (χ0) is 15.2. The van der Waals surface area contributed by atoms with Gasteiger partial charge in [0.15, 0.2) is 0 Å². The second-order valence-electron chi connectivity index (χ2n) is 5.77. The third-order valence-electron chi connectivity index (χ3n) is 4.15. The minimum Gasteiger partial charge on any atom is -0.342 e. The molecular weight excluding hydrogens is 264 g/mol. The van der Waals surface area contributed by atoms with Crippen molar-refractivity contribution in [3.8, 4) is 0 Å². The van der Waals surface area contributed by atoms with Crippen LogP contribution in [0.2, 0.25) is 0 Å². The van der Waals surface area contributed by atoms with Gasteiger partial charge in [-0.05, 0) is 43.9 Å². The Bertz CT molecular complexity index is 518. The lowest BCUT2D eigenvalue weighted by Gasteiger charge is -2.20. The van der Waals surface area contributed by atoms with E-state index in [9.17, 15) is 9.59 Å². The van der Waals surface area contributed by atoms with Crippen LogP contribution in [0.5, 0.6) is 0 Å². The number of hydrogen-bond donors (Lipinski definition) is 1. The molecule has 0 aromatic heterocycles. The maximum atomic E-state index is 12.2. The van der Waals surface area contributed by atoms with Crippen LogP contribution >= 0.6 is 0 Å². The number of carbonyl (C=O) groups excluding carboxylic acids is 2. The van der Waals surface area contributed by atoms with Gasteiger partial charge in [0.25, 0.3) is 0 Å². The zero-order valence-electron chi connectivity index (χ0n) is 12.9. The van der Waals surface area contributed by atoms with Crippen LogP contribution < -0.4 is 5.32 Å². The molecule has 4 heteroatoms. The first-order chi connectivity index (χ1) is 10.1. The normalized spacial score (nSPS) is 15.4. The van der Waals surface area contributed by atoms with E-state index in [0.29, 0.717) is 0 Å². The molecule has 1 saturated heterocycles. The number of rotatable bonds is 3. The van der Waals surface area contributed by atoms with E-state index < -0.39 is 0 Å². The fourth-order valence-electron chi connectivity index (χ4n) is 2.65. The molecule has 0 spiro atoms. The largest absolute Gasteiger partial charge is 0.342 e. The number of likely N-dealkylation sites (tertiary alicyclic amines) is 1. The average Bonchev–Trinajstić information content (AvgIpc) is 2.73. The Labute approximate surface area is 126 Å². The molecule has 1 N–H and O–H groups in total. The molecule has 1 heterocycles. The summed E-state index contributed by atoms with van der Waals surface area (Å²) in [6.07, 6.45) is 4.39. The molecule has 1 fully saturated rings. The first kappa shape index (κ1) is 15.5. The molecule has 114 valence electrons. The van der Waals surface area contributed by atoms with Crippen molar-refractivity contribution in [2.45, 2.75) is 46.0 Å². The number of aryl methyl sites for hydroxylation is 1. The van der Waals surface area contributed by atoms with Crippen LogP contribution in [0.25, 0.3) is 0 Å². The number of amides is 2. The smallest absolute Gasteiger partial charge is 0.233 e. The topological polar surface area (TPSA) is 49.4 Å². The van der Waals surface area contributed by atoms with Gasteiger partial charge in [-0.1, -0.05) is 25.0 Å². The SMILES string of the molecule is Cc1cccc(NC(=O)CC(=O)N2CCCCCC2)c1C. The van der Waals surface area contributed by atoms with Gasteiger partial charge >= 0.3 is 0 Å². The monoisotopic (exact) mass is 288 g/mol. The van der Waals surface area contributed by atoms with Crippen LogP contribution in [0, 0.1) is 13.8 Å². The van der Waals surface area contributed by atoms with Crippen molar-refractivity contribution in [2.75, 3.05) is 18.4 Å². The second-order valence-corrected chi connectivity index (χ2v) is 5.77. The van der Waals surface area contributed by atoms with Crippen molar-refractivity contribution in [3.05, 3.63) is 29.3 Å². The Morgan fingerprint density at radius 2 is 1.76 bits per heavy atom. The maximum Gasteiger partial charge on any atom is 0.233 e. The van der Waals surface area contributed by atoms with Crippen LogP contribution in [0.1, 0.15) is 43.2 Å². The van der Waals surface area contributed by atoms with Gasteiger partial charge in [0.2, 0.25) is 11.8 Å². The van der Waals surface area contributed by atoms with Crippen LogP contribution in [0.15, 0.2) is 18.2 Å². The fraction of sp³-hybridized carbons (Fsp3) is 0.529. The first-order valence-electron chi connectivity index (χ1n) is 7.72. The van der Waals surface area contributed by atoms with Gasteiger partial charge in [-0.15, -0.1) is 0 Å². The number of carbonyl (C=O) groups is 2. The molecule has 1 aromatic carbocycles. The molecule has 4 nitrogen and oxygen atoms in total. The zero-order valence-corrected chi connectivity index (χ0v) is 12.9.